The first-order valence-electron chi connectivity index (χ1n) is 5.29. The number of imidazole rings is 1. The summed E-state index contributed by atoms with van der Waals surface area (Å²) in [6.07, 6.45) is 5.68. The Kier molecular flexibility index (Phi) is 2.11. The molecule has 0 atom stereocenters. The van der Waals surface area contributed by atoms with Gasteiger partial charge in [-0.2, -0.15) is 5.10 Å². The average molecular weight is 228 g/mol. The molecule has 0 unspecified atom stereocenters. The Balaban J connectivity index is 2.24. The van der Waals surface area contributed by atoms with Crippen molar-refractivity contribution in [1.82, 2.24) is 19.2 Å². The van der Waals surface area contributed by atoms with E-state index in [1.54, 1.807) is 18.0 Å². The molecular formula is C12H12N4O. The second-order valence-electron chi connectivity index (χ2n) is 3.77. The van der Waals surface area contributed by atoms with Gasteiger partial charge in [0, 0.05) is 25.6 Å². The van der Waals surface area contributed by atoms with Gasteiger partial charge in [0.1, 0.15) is 5.69 Å². The van der Waals surface area contributed by atoms with Gasteiger partial charge in [0.05, 0.1) is 12.8 Å². The molecule has 86 valence electrons. The van der Waals surface area contributed by atoms with Gasteiger partial charge in [-0.1, -0.05) is 0 Å². The quantitative estimate of drug-likeness (QED) is 0.671. The first-order chi connectivity index (χ1) is 8.29. The fraction of sp³-hybridized carbons (Fsp3) is 0.167. The molecule has 0 saturated heterocycles. The third-order valence-corrected chi connectivity index (χ3v) is 2.75. The van der Waals surface area contributed by atoms with E-state index in [9.17, 15) is 0 Å². The summed E-state index contributed by atoms with van der Waals surface area (Å²) in [4.78, 5) is 4.56. The Labute approximate surface area is 98.3 Å². The van der Waals surface area contributed by atoms with Crippen LogP contribution in [0.5, 0.6) is 5.75 Å². The van der Waals surface area contributed by atoms with E-state index in [4.69, 9.17) is 4.74 Å². The van der Waals surface area contributed by atoms with Crippen molar-refractivity contribution in [2.45, 2.75) is 0 Å². The standard InChI is InChI=1S/C12H12N4O/c1-15-10(5-6-13-15)9-8-16-7-3-4-11(17-2)12(16)14-9/h3-8H,1-2H3. The number of methoxy groups -OCH3 is 1. The molecule has 0 aliphatic rings. The first kappa shape index (κ1) is 9.89. The smallest absolute Gasteiger partial charge is 0.180 e. The highest BCUT2D eigenvalue weighted by Gasteiger charge is 2.10. The predicted molar refractivity (Wildman–Crippen MR) is 63.9 cm³/mol. The third kappa shape index (κ3) is 1.47. The molecule has 0 aromatic carbocycles. The lowest BCUT2D eigenvalue weighted by Crippen LogP contribution is -1.92. The van der Waals surface area contributed by atoms with E-state index in [1.165, 1.54) is 0 Å². The first-order valence-corrected chi connectivity index (χ1v) is 5.29. The number of fused-ring (bicyclic) bond motifs is 1. The monoisotopic (exact) mass is 228 g/mol. The molecule has 0 amide bonds. The number of aromatic nitrogens is 4. The number of hydrogen-bond donors (Lipinski definition) is 0. The summed E-state index contributed by atoms with van der Waals surface area (Å²) in [6.45, 7) is 0. The molecule has 17 heavy (non-hydrogen) atoms. The summed E-state index contributed by atoms with van der Waals surface area (Å²) in [5.41, 5.74) is 2.68. The SMILES string of the molecule is COc1cccn2cc(-c3ccnn3C)nc12. The maximum atomic E-state index is 5.28. The lowest BCUT2D eigenvalue weighted by atomic mass is 10.3. The fourth-order valence-corrected chi connectivity index (χ4v) is 1.90. The van der Waals surface area contributed by atoms with Gasteiger partial charge in [0.15, 0.2) is 11.4 Å². The van der Waals surface area contributed by atoms with Crippen LogP contribution in [0.4, 0.5) is 0 Å². The molecule has 0 spiro atoms. The van der Waals surface area contributed by atoms with Gasteiger partial charge >= 0.3 is 0 Å². The van der Waals surface area contributed by atoms with Crippen LogP contribution in [0.1, 0.15) is 0 Å². The molecule has 0 N–H and O–H groups in total. The summed E-state index contributed by atoms with van der Waals surface area (Å²) < 4.78 is 9.03. The molecule has 3 rings (SSSR count). The fourth-order valence-electron chi connectivity index (χ4n) is 1.90. The van der Waals surface area contributed by atoms with E-state index in [0.717, 1.165) is 22.8 Å². The van der Waals surface area contributed by atoms with E-state index in [-0.39, 0.29) is 0 Å². The molecule has 5 heteroatoms. The summed E-state index contributed by atoms with van der Waals surface area (Å²) >= 11 is 0. The second-order valence-corrected chi connectivity index (χ2v) is 3.77. The highest BCUT2D eigenvalue weighted by atomic mass is 16.5. The lowest BCUT2D eigenvalue weighted by molar-refractivity contribution is 0.417. The van der Waals surface area contributed by atoms with E-state index < -0.39 is 0 Å². The van der Waals surface area contributed by atoms with Gasteiger partial charge in [0.25, 0.3) is 0 Å². The minimum Gasteiger partial charge on any atom is -0.493 e. The van der Waals surface area contributed by atoms with E-state index in [2.05, 4.69) is 10.1 Å². The van der Waals surface area contributed by atoms with Crippen molar-refractivity contribution < 1.29 is 4.74 Å². The number of rotatable bonds is 2. The van der Waals surface area contributed by atoms with Crippen molar-refractivity contribution in [3.63, 3.8) is 0 Å². The summed E-state index contributed by atoms with van der Waals surface area (Å²) in [5, 5.41) is 4.14. The lowest BCUT2D eigenvalue weighted by Gasteiger charge is -1.99. The van der Waals surface area contributed by atoms with Crippen LogP contribution in [0, 0.1) is 0 Å². The maximum absolute atomic E-state index is 5.28. The van der Waals surface area contributed by atoms with Crippen LogP contribution in [0.15, 0.2) is 36.8 Å². The molecule has 0 saturated carbocycles. The molecule has 5 nitrogen and oxygen atoms in total. The highest BCUT2D eigenvalue weighted by Crippen LogP contribution is 2.23. The molecule has 0 fully saturated rings. The zero-order valence-electron chi connectivity index (χ0n) is 9.66. The molecular weight excluding hydrogens is 216 g/mol. The van der Waals surface area contributed by atoms with Crippen LogP contribution in [-0.4, -0.2) is 26.3 Å². The number of aryl methyl sites for hydroxylation is 1. The van der Waals surface area contributed by atoms with Crippen molar-refractivity contribution >= 4 is 5.65 Å². The second kappa shape index (κ2) is 3.62. The van der Waals surface area contributed by atoms with Crippen molar-refractivity contribution in [3.05, 3.63) is 36.8 Å². The molecule has 3 aromatic heterocycles. The normalized spacial score (nSPS) is 10.9. The molecule has 3 aromatic rings. The van der Waals surface area contributed by atoms with E-state index in [1.807, 2.05) is 42.0 Å². The van der Waals surface area contributed by atoms with Gasteiger partial charge in [-0.15, -0.1) is 0 Å². The Morgan fingerprint density at radius 3 is 2.88 bits per heavy atom. The van der Waals surface area contributed by atoms with E-state index >= 15 is 0 Å². The van der Waals surface area contributed by atoms with Gasteiger partial charge in [-0.25, -0.2) is 4.98 Å². The maximum Gasteiger partial charge on any atom is 0.180 e. The van der Waals surface area contributed by atoms with Gasteiger partial charge in [-0.3, -0.25) is 4.68 Å². The summed E-state index contributed by atoms with van der Waals surface area (Å²) in [5.74, 6) is 0.765. The molecule has 0 aliphatic carbocycles. The molecule has 0 radical (unpaired) electrons. The van der Waals surface area contributed by atoms with Crippen molar-refractivity contribution in [2.75, 3.05) is 7.11 Å². The van der Waals surface area contributed by atoms with Crippen LogP contribution in [0.2, 0.25) is 0 Å². The zero-order chi connectivity index (χ0) is 11.8. The Bertz CT molecular complexity index is 668. The number of hydrogen-bond acceptors (Lipinski definition) is 3. The Hall–Kier alpha value is -2.30. The van der Waals surface area contributed by atoms with Gasteiger partial charge in [-0.05, 0) is 18.2 Å². The van der Waals surface area contributed by atoms with Crippen LogP contribution in [-0.2, 0) is 7.05 Å². The highest BCUT2D eigenvalue weighted by molar-refractivity contribution is 5.63. The van der Waals surface area contributed by atoms with Crippen LogP contribution >= 0.6 is 0 Å². The van der Waals surface area contributed by atoms with Gasteiger partial charge < -0.3 is 9.14 Å². The van der Waals surface area contributed by atoms with Crippen LogP contribution in [0.25, 0.3) is 17.0 Å². The number of ether oxygens (including phenoxy) is 1. The summed E-state index contributed by atoms with van der Waals surface area (Å²) in [6, 6.07) is 5.77. The third-order valence-electron chi connectivity index (χ3n) is 2.75. The summed E-state index contributed by atoms with van der Waals surface area (Å²) in [7, 11) is 3.55. The minimum atomic E-state index is 0.765. The predicted octanol–water partition coefficient (Wildman–Crippen LogP) is 1.74. The van der Waals surface area contributed by atoms with Crippen LogP contribution < -0.4 is 4.74 Å². The zero-order valence-corrected chi connectivity index (χ0v) is 9.66. The van der Waals surface area contributed by atoms with E-state index in [0.29, 0.717) is 0 Å². The largest absolute Gasteiger partial charge is 0.493 e. The molecule has 3 heterocycles. The number of pyridine rings is 1. The average Bonchev–Trinajstić information content (AvgIpc) is 2.93. The molecule has 0 bridgehead atoms. The Morgan fingerprint density at radius 2 is 2.18 bits per heavy atom. The van der Waals surface area contributed by atoms with Gasteiger partial charge in [0.2, 0.25) is 0 Å². The minimum absolute atomic E-state index is 0.765. The van der Waals surface area contributed by atoms with Crippen molar-refractivity contribution in [3.8, 4) is 17.1 Å². The number of nitrogens with zero attached hydrogens (tertiary/aromatic N) is 4. The Morgan fingerprint density at radius 1 is 1.29 bits per heavy atom. The van der Waals surface area contributed by atoms with Crippen molar-refractivity contribution in [1.29, 1.82) is 0 Å². The van der Waals surface area contributed by atoms with Crippen LogP contribution in [0.3, 0.4) is 0 Å². The topological polar surface area (TPSA) is 44.4 Å². The van der Waals surface area contributed by atoms with Crippen molar-refractivity contribution in [2.24, 2.45) is 7.05 Å². The molecule has 0 aliphatic heterocycles.